The van der Waals surface area contributed by atoms with Crippen LogP contribution in [0.5, 0.6) is 11.5 Å². The number of hydrogen-bond donors (Lipinski definition) is 1. The lowest BCUT2D eigenvalue weighted by molar-refractivity contribution is 0.219. The summed E-state index contributed by atoms with van der Waals surface area (Å²) in [4.78, 5) is 0. The van der Waals surface area contributed by atoms with Crippen molar-refractivity contribution in [3.05, 3.63) is 34.9 Å². The van der Waals surface area contributed by atoms with Crippen LogP contribution in [0.1, 0.15) is 24.8 Å². The Bertz CT molecular complexity index is 443. The summed E-state index contributed by atoms with van der Waals surface area (Å²) in [5.41, 5.74) is 0.711. The van der Waals surface area contributed by atoms with Gasteiger partial charge in [0.15, 0.2) is 11.5 Å². The molecule has 1 N–H and O–H groups in total. The number of hydrogen-bond acceptors (Lipinski definition) is 3. The first kappa shape index (κ1) is 13.2. The van der Waals surface area contributed by atoms with E-state index in [4.69, 9.17) is 26.2 Å². The van der Waals surface area contributed by atoms with E-state index in [0.717, 1.165) is 19.3 Å². The third kappa shape index (κ3) is 2.98. The summed E-state index contributed by atoms with van der Waals surface area (Å²) in [5, 5.41) is 9.60. The Morgan fingerprint density at radius 2 is 2.28 bits per heavy atom. The van der Waals surface area contributed by atoms with Gasteiger partial charge < -0.3 is 14.6 Å². The molecule has 1 aromatic rings. The molecular formula is C14H17ClO3. The Kier molecular flexibility index (Phi) is 4.50. The second-order valence-corrected chi connectivity index (χ2v) is 4.69. The number of methoxy groups -OCH3 is 1. The molecule has 3 nitrogen and oxygen atoms in total. The van der Waals surface area contributed by atoms with Crippen LogP contribution in [0, 0.1) is 0 Å². The van der Waals surface area contributed by atoms with Gasteiger partial charge in [0.05, 0.1) is 18.7 Å². The Morgan fingerprint density at radius 1 is 1.44 bits per heavy atom. The third-order valence-electron chi connectivity index (χ3n) is 2.95. The molecule has 4 heteroatoms. The molecule has 0 bridgehead atoms. The quantitative estimate of drug-likeness (QED) is 0.852. The molecule has 0 saturated heterocycles. The normalized spacial score (nSPS) is 18.7. The smallest absolute Gasteiger partial charge is 0.180 e. The van der Waals surface area contributed by atoms with Crippen molar-refractivity contribution < 1.29 is 14.6 Å². The highest BCUT2D eigenvalue weighted by atomic mass is 35.5. The number of rotatable bonds is 4. The minimum Gasteiger partial charge on any atom is -0.493 e. The summed E-state index contributed by atoms with van der Waals surface area (Å²) in [6, 6.07) is 3.44. The number of aliphatic hydroxyl groups is 1. The standard InChI is InChI=1S/C14H17ClO3/c1-17-13-8-10(9-16)7-12(15)14(13)18-11-5-3-2-4-6-11/h3,5,7-8,11,16H,2,4,6,9H2,1H3. The molecule has 98 valence electrons. The van der Waals surface area contributed by atoms with Gasteiger partial charge in [-0.05, 0) is 43.0 Å². The van der Waals surface area contributed by atoms with Gasteiger partial charge >= 0.3 is 0 Å². The fourth-order valence-electron chi connectivity index (χ4n) is 2.01. The first-order chi connectivity index (χ1) is 8.74. The molecule has 1 atom stereocenters. The second-order valence-electron chi connectivity index (χ2n) is 4.28. The van der Waals surface area contributed by atoms with E-state index < -0.39 is 0 Å². The summed E-state index contributed by atoms with van der Waals surface area (Å²) in [7, 11) is 1.57. The summed E-state index contributed by atoms with van der Waals surface area (Å²) in [6.45, 7) is -0.0698. The van der Waals surface area contributed by atoms with Crippen LogP contribution in [-0.2, 0) is 6.61 Å². The summed E-state index contributed by atoms with van der Waals surface area (Å²) < 4.78 is 11.1. The van der Waals surface area contributed by atoms with Crippen LogP contribution in [-0.4, -0.2) is 18.3 Å². The lowest BCUT2D eigenvalue weighted by Gasteiger charge is -2.21. The lowest BCUT2D eigenvalue weighted by atomic mass is 10.1. The van der Waals surface area contributed by atoms with Gasteiger partial charge in [-0.3, -0.25) is 0 Å². The summed E-state index contributed by atoms with van der Waals surface area (Å²) >= 11 is 6.17. The second kappa shape index (κ2) is 6.12. The van der Waals surface area contributed by atoms with Gasteiger partial charge in [0, 0.05) is 0 Å². The van der Waals surface area contributed by atoms with Crippen molar-refractivity contribution in [2.24, 2.45) is 0 Å². The molecule has 1 aromatic carbocycles. The molecule has 2 rings (SSSR count). The van der Waals surface area contributed by atoms with E-state index in [1.54, 1.807) is 19.2 Å². The highest BCUT2D eigenvalue weighted by Gasteiger charge is 2.17. The molecule has 0 amide bonds. The van der Waals surface area contributed by atoms with Gasteiger partial charge in [0.25, 0.3) is 0 Å². The molecule has 0 fully saturated rings. The minimum absolute atomic E-state index is 0.0464. The van der Waals surface area contributed by atoms with Crippen molar-refractivity contribution in [2.75, 3.05) is 7.11 Å². The van der Waals surface area contributed by atoms with Crippen LogP contribution in [0.15, 0.2) is 24.3 Å². The van der Waals surface area contributed by atoms with Crippen LogP contribution in [0.3, 0.4) is 0 Å². The fourth-order valence-corrected chi connectivity index (χ4v) is 2.29. The Hall–Kier alpha value is -1.19. The molecular weight excluding hydrogens is 252 g/mol. The highest BCUT2D eigenvalue weighted by molar-refractivity contribution is 6.32. The van der Waals surface area contributed by atoms with E-state index in [1.807, 2.05) is 0 Å². The van der Waals surface area contributed by atoms with Gasteiger partial charge in [-0.15, -0.1) is 0 Å². The summed E-state index contributed by atoms with van der Waals surface area (Å²) in [6.07, 6.45) is 7.43. The zero-order valence-electron chi connectivity index (χ0n) is 10.4. The zero-order chi connectivity index (χ0) is 13.0. The van der Waals surface area contributed by atoms with Crippen molar-refractivity contribution in [1.29, 1.82) is 0 Å². The van der Waals surface area contributed by atoms with Gasteiger partial charge in [-0.2, -0.15) is 0 Å². The maximum absolute atomic E-state index is 9.13. The Labute approximate surface area is 112 Å². The Balaban J connectivity index is 2.25. The van der Waals surface area contributed by atoms with E-state index in [9.17, 15) is 0 Å². The number of ether oxygens (including phenoxy) is 2. The van der Waals surface area contributed by atoms with Crippen molar-refractivity contribution in [3.8, 4) is 11.5 Å². The van der Waals surface area contributed by atoms with Crippen LogP contribution in [0.4, 0.5) is 0 Å². The molecule has 0 heterocycles. The maximum Gasteiger partial charge on any atom is 0.180 e. The number of benzene rings is 1. The minimum atomic E-state index is -0.0698. The largest absolute Gasteiger partial charge is 0.493 e. The number of allylic oxidation sites excluding steroid dienone is 1. The van der Waals surface area contributed by atoms with Gasteiger partial charge in [0.1, 0.15) is 6.10 Å². The topological polar surface area (TPSA) is 38.7 Å². The molecule has 1 aliphatic carbocycles. The monoisotopic (exact) mass is 268 g/mol. The van der Waals surface area contributed by atoms with Gasteiger partial charge in [-0.1, -0.05) is 17.7 Å². The molecule has 0 spiro atoms. The van der Waals surface area contributed by atoms with E-state index in [1.165, 1.54) is 0 Å². The lowest BCUT2D eigenvalue weighted by Crippen LogP contribution is -2.16. The molecule has 18 heavy (non-hydrogen) atoms. The van der Waals surface area contributed by atoms with E-state index >= 15 is 0 Å². The van der Waals surface area contributed by atoms with E-state index in [-0.39, 0.29) is 12.7 Å². The molecule has 1 unspecified atom stereocenters. The van der Waals surface area contributed by atoms with Crippen LogP contribution in [0.2, 0.25) is 5.02 Å². The van der Waals surface area contributed by atoms with Crippen LogP contribution >= 0.6 is 11.6 Å². The van der Waals surface area contributed by atoms with Crippen molar-refractivity contribution in [1.82, 2.24) is 0 Å². The SMILES string of the molecule is COc1cc(CO)cc(Cl)c1OC1C=CCCC1. The van der Waals surface area contributed by atoms with Crippen LogP contribution < -0.4 is 9.47 Å². The van der Waals surface area contributed by atoms with E-state index in [0.29, 0.717) is 22.1 Å². The first-order valence-corrected chi connectivity index (χ1v) is 6.43. The van der Waals surface area contributed by atoms with Gasteiger partial charge in [-0.25, -0.2) is 0 Å². The average Bonchev–Trinajstić information content (AvgIpc) is 2.42. The van der Waals surface area contributed by atoms with Crippen molar-refractivity contribution in [2.45, 2.75) is 32.0 Å². The van der Waals surface area contributed by atoms with Crippen molar-refractivity contribution in [3.63, 3.8) is 0 Å². The third-order valence-corrected chi connectivity index (χ3v) is 3.23. The molecule has 1 aliphatic rings. The predicted molar refractivity (Wildman–Crippen MR) is 71.3 cm³/mol. The van der Waals surface area contributed by atoms with Crippen molar-refractivity contribution >= 4 is 11.6 Å². The zero-order valence-corrected chi connectivity index (χ0v) is 11.1. The molecule has 0 aliphatic heterocycles. The predicted octanol–water partition coefficient (Wildman–Crippen LogP) is 3.33. The first-order valence-electron chi connectivity index (χ1n) is 6.05. The average molecular weight is 269 g/mol. The molecule has 0 radical (unpaired) electrons. The molecule has 0 saturated carbocycles. The Morgan fingerprint density at radius 3 is 2.89 bits per heavy atom. The van der Waals surface area contributed by atoms with Gasteiger partial charge in [0.2, 0.25) is 0 Å². The van der Waals surface area contributed by atoms with E-state index in [2.05, 4.69) is 12.2 Å². The number of halogens is 1. The fraction of sp³-hybridized carbons (Fsp3) is 0.429. The summed E-state index contributed by atoms with van der Waals surface area (Å²) in [5.74, 6) is 1.11. The highest BCUT2D eigenvalue weighted by Crippen LogP contribution is 2.38. The maximum atomic E-state index is 9.13. The van der Waals surface area contributed by atoms with Crippen LogP contribution in [0.25, 0.3) is 0 Å². The molecule has 0 aromatic heterocycles. The number of aliphatic hydroxyl groups excluding tert-OH is 1.